The van der Waals surface area contributed by atoms with Crippen LogP contribution in [-0.4, -0.2) is 34.8 Å². The second-order valence-electron chi connectivity index (χ2n) is 5.50. The van der Waals surface area contributed by atoms with E-state index in [2.05, 4.69) is 34.2 Å². The molecule has 3 heterocycles. The molecule has 20 heavy (non-hydrogen) atoms. The number of aliphatic imine (C=N–C) groups is 1. The first-order valence-corrected chi connectivity index (χ1v) is 7.97. The Labute approximate surface area is 122 Å². The average molecular weight is 288 g/mol. The highest BCUT2D eigenvalue weighted by molar-refractivity contribution is 8.14. The van der Waals surface area contributed by atoms with Crippen molar-refractivity contribution in [1.29, 1.82) is 0 Å². The molecule has 3 aliphatic rings. The number of ether oxygens (including phenoxy) is 1. The van der Waals surface area contributed by atoms with Gasteiger partial charge in [-0.25, -0.2) is 0 Å². The van der Waals surface area contributed by atoms with Crippen molar-refractivity contribution in [3.63, 3.8) is 0 Å². The SMILES string of the molecule is O=C1CSC(N2CCC3(CC2)OCc2ccccc23)=N1. The van der Waals surface area contributed by atoms with Gasteiger partial charge in [0.1, 0.15) is 0 Å². The van der Waals surface area contributed by atoms with Crippen LogP contribution in [0.4, 0.5) is 0 Å². The van der Waals surface area contributed by atoms with Gasteiger partial charge in [-0.05, 0) is 24.0 Å². The molecule has 104 valence electrons. The molecule has 0 atom stereocenters. The molecular weight excluding hydrogens is 272 g/mol. The van der Waals surface area contributed by atoms with E-state index in [0.29, 0.717) is 5.75 Å². The second-order valence-corrected chi connectivity index (χ2v) is 6.45. The van der Waals surface area contributed by atoms with Gasteiger partial charge in [0.05, 0.1) is 18.0 Å². The van der Waals surface area contributed by atoms with E-state index in [-0.39, 0.29) is 11.5 Å². The topological polar surface area (TPSA) is 41.9 Å². The Bertz CT molecular complexity index is 591. The molecule has 1 aromatic carbocycles. The minimum absolute atomic E-state index is 0.00671. The predicted octanol–water partition coefficient (Wildman–Crippen LogP) is 2.14. The first kappa shape index (κ1) is 12.4. The van der Waals surface area contributed by atoms with Crippen LogP contribution in [0, 0.1) is 0 Å². The van der Waals surface area contributed by atoms with Crippen LogP contribution < -0.4 is 0 Å². The van der Waals surface area contributed by atoms with E-state index in [0.717, 1.165) is 37.7 Å². The number of likely N-dealkylation sites (tertiary alicyclic amines) is 1. The molecule has 0 bridgehead atoms. The molecule has 3 aliphatic heterocycles. The van der Waals surface area contributed by atoms with Crippen molar-refractivity contribution < 1.29 is 9.53 Å². The van der Waals surface area contributed by atoms with E-state index in [4.69, 9.17) is 4.74 Å². The zero-order valence-corrected chi connectivity index (χ0v) is 12.0. The standard InChI is InChI=1S/C15H16N2O2S/c18-13-10-20-14(16-13)17-7-5-15(6-8-17)12-4-2-1-3-11(12)9-19-15/h1-4H,5-10H2. The minimum atomic E-state index is -0.110. The van der Waals surface area contributed by atoms with E-state index in [1.165, 1.54) is 11.1 Å². The van der Waals surface area contributed by atoms with Crippen LogP contribution in [0.5, 0.6) is 0 Å². The van der Waals surface area contributed by atoms with Crippen molar-refractivity contribution in [1.82, 2.24) is 4.90 Å². The number of amidine groups is 1. The molecule has 0 N–H and O–H groups in total. The number of hydrogen-bond donors (Lipinski definition) is 0. The van der Waals surface area contributed by atoms with Gasteiger partial charge >= 0.3 is 0 Å². The monoisotopic (exact) mass is 288 g/mol. The highest BCUT2D eigenvalue weighted by Crippen LogP contribution is 2.44. The van der Waals surface area contributed by atoms with Gasteiger partial charge in [0.2, 0.25) is 0 Å². The molecule has 1 saturated heterocycles. The Morgan fingerprint density at radius 3 is 2.80 bits per heavy atom. The summed E-state index contributed by atoms with van der Waals surface area (Å²) in [5.74, 6) is 0.490. The highest BCUT2D eigenvalue weighted by atomic mass is 32.2. The predicted molar refractivity (Wildman–Crippen MR) is 78.6 cm³/mol. The Balaban J connectivity index is 1.53. The van der Waals surface area contributed by atoms with E-state index in [1.807, 2.05) is 0 Å². The number of fused-ring (bicyclic) bond motifs is 2. The third-order valence-corrected chi connectivity index (χ3v) is 5.40. The number of amides is 1. The molecule has 0 aromatic heterocycles. The fourth-order valence-electron chi connectivity index (χ4n) is 3.32. The number of thioether (sulfide) groups is 1. The molecule has 0 radical (unpaired) electrons. The Morgan fingerprint density at radius 1 is 1.25 bits per heavy atom. The van der Waals surface area contributed by atoms with Crippen molar-refractivity contribution in [3.05, 3.63) is 35.4 Å². The van der Waals surface area contributed by atoms with Crippen LogP contribution >= 0.6 is 11.8 Å². The van der Waals surface area contributed by atoms with Gasteiger partial charge in [0.25, 0.3) is 5.91 Å². The summed E-state index contributed by atoms with van der Waals surface area (Å²) in [5, 5.41) is 0.899. The molecule has 1 aromatic rings. The second kappa shape index (κ2) is 4.60. The summed E-state index contributed by atoms with van der Waals surface area (Å²) < 4.78 is 6.14. The first-order chi connectivity index (χ1) is 9.77. The summed E-state index contributed by atoms with van der Waals surface area (Å²) >= 11 is 1.56. The maximum absolute atomic E-state index is 11.2. The average Bonchev–Trinajstić information content (AvgIpc) is 3.06. The van der Waals surface area contributed by atoms with Gasteiger partial charge < -0.3 is 9.64 Å². The quantitative estimate of drug-likeness (QED) is 0.733. The van der Waals surface area contributed by atoms with E-state index in [1.54, 1.807) is 11.8 Å². The van der Waals surface area contributed by atoms with E-state index >= 15 is 0 Å². The molecule has 4 nitrogen and oxygen atoms in total. The fraction of sp³-hybridized carbons (Fsp3) is 0.467. The maximum atomic E-state index is 11.2. The number of hydrogen-bond acceptors (Lipinski definition) is 4. The van der Waals surface area contributed by atoms with Crippen LogP contribution in [0.1, 0.15) is 24.0 Å². The zero-order chi connectivity index (χ0) is 13.6. The van der Waals surface area contributed by atoms with Gasteiger partial charge in [-0.15, -0.1) is 0 Å². The van der Waals surface area contributed by atoms with Crippen LogP contribution in [0.15, 0.2) is 29.3 Å². The van der Waals surface area contributed by atoms with Gasteiger partial charge in [-0.2, -0.15) is 4.99 Å². The number of carbonyl (C=O) groups excluding carboxylic acids is 1. The van der Waals surface area contributed by atoms with Crippen molar-refractivity contribution in [2.24, 2.45) is 4.99 Å². The number of benzene rings is 1. The third-order valence-electron chi connectivity index (χ3n) is 4.40. The van der Waals surface area contributed by atoms with Gasteiger partial charge in [-0.3, -0.25) is 4.79 Å². The van der Waals surface area contributed by atoms with E-state index < -0.39 is 0 Å². The normalized spacial score (nSPS) is 24.1. The lowest BCUT2D eigenvalue weighted by Gasteiger charge is -2.39. The Kier molecular flexibility index (Phi) is 2.86. The molecule has 0 aliphatic carbocycles. The number of rotatable bonds is 0. The number of carbonyl (C=O) groups is 1. The summed E-state index contributed by atoms with van der Waals surface area (Å²) in [6.45, 7) is 2.55. The molecule has 0 saturated carbocycles. The van der Waals surface area contributed by atoms with Gasteiger partial charge in [0.15, 0.2) is 5.17 Å². The van der Waals surface area contributed by atoms with Crippen LogP contribution in [-0.2, 0) is 21.7 Å². The highest BCUT2D eigenvalue weighted by Gasteiger charge is 2.43. The van der Waals surface area contributed by atoms with Crippen LogP contribution in [0.25, 0.3) is 0 Å². The molecule has 1 amide bonds. The Hall–Kier alpha value is -1.33. The summed E-state index contributed by atoms with van der Waals surface area (Å²) in [7, 11) is 0. The zero-order valence-electron chi connectivity index (χ0n) is 11.2. The molecule has 1 fully saturated rings. The number of nitrogens with zero attached hydrogens (tertiary/aromatic N) is 2. The van der Waals surface area contributed by atoms with E-state index in [9.17, 15) is 4.79 Å². The lowest BCUT2D eigenvalue weighted by molar-refractivity contribution is -0.115. The van der Waals surface area contributed by atoms with Crippen molar-refractivity contribution >= 4 is 22.8 Å². The molecular formula is C15H16N2O2S. The Morgan fingerprint density at radius 2 is 2.05 bits per heavy atom. The molecule has 1 spiro atoms. The molecule has 4 rings (SSSR count). The maximum Gasteiger partial charge on any atom is 0.258 e. The summed E-state index contributed by atoms with van der Waals surface area (Å²) in [6, 6.07) is 8.53. The molecule has 5 heteroatoms. The van der Waals surface area contributed by atoms with Crippen molar-refractivity contribution in [2.75, 3.05) is 18.8 Å². The third kappa shape index (κ3) is 1.88. The van der Waals surface area contributed by atoms with Crippen LogP contribution in [0.2, 0.25) is 0 Å². The largest absolute Gasteiger partial charge is 0.365 e. The minimum Gasteiger partial charge on any atom is -0.365 e. The lowest BCUT2D eigenvalue weighted by Crippen LogP contribution is -2.44. The van der Waals surface area contributed by atoms with Crippen molar-refractivity contribution in [2.45, 2.75) is 25.0 Å². The summed E-state index contributed by atoms with van der Waals surface area (Å²) in [5.41, 5.74) is 2.57. The molecule has 0 unspecified atom stereocenters. The van der Waals surface area contributed by atoms with Crippen LogP contribution in [0.3, 0.4) is 0 Å². The van der Waals surface area contributed by atoms with Gasteiger partial charge in [0, 0.05) is 13.1 Å². The smallest absolute Gasteiger partial charge is 0.258 e. The summed E-state index contributed by atoms with van der Waals surface area (Å²) in [6.07, 6.45) is 1.94. The first-order valence-electron chi connectivity index (χ1n) is 6.98. The lowest BCUT2D eigenvalue weighted by atomic mass is 9.84. The fourth-order valence-corrected chi connectivity index (χ4v) is 4.17. The summed E-state index contributed by atoms with van der Waals surface area (Å²) in [4.78, 5) is 17.6. The number of piperidine rings is 1. The van der Waals surface area contributed by atoms with Crippen molar-refractivity contribution in [3.8, 4) is 0 Å². The van der Waals surface area contributed by atoms with Gasteiger partial charge in [-0.1, -0.05) is 36.0 Å².